The zero-order valence-electron chi connectivity index (χ0n) is 41.6. The summed E-state index contributed by atoms with van der Waals surface area (Å²) in [5, 5.41) is 11.3. The van der Waals surface area contributed by atoms with Crippen molar-refractivity contribution in [2.75, 3.05) is 39.5 Å². The quantitative estimate of drug-likeness (QED) is 0.0512. The minimum Gasteiger partial charge on any atom is -0.459 e. The third-order valence-electron chi connectivity index (χ3n) is 10.6. The molecule has 0 aromatic carbocycles. The van der Waals surface area contributed by atoms with Gasteiger partial charge in [0.1, 0.15) is 50.8 Å². The van der Waals surface area contributed by atoms with Gasteiger partial charge in [0.15, 0.2) is 0 Å². The molecule has 4 amide bonds. The number of carbonyl (C=O) groups excluding carboxylic acids is 8. The highest BCUT2D eigenvalue weighted by molar-refractivity contribution is 5.82. The summed E-state index contributed by atoms with van der Waals surface area (Å²) in [5.74, 6) is -2.34. The third-order valence-corrected chi connectivity index (χ3v) is 10.6. The van der Waals surface area contributed by atoms with Crippen molar-refractivity contribution in [3.63, 3.8) is 0 Å². The highest BCUT2D eigenvalue weighted by Crippen LogP contribution is 2.47. The number of ether oxygens (including phenoxy) is 8. The molecule has 0 radical (unpaired) electrons. The van der Waals surface area contributed by atoms with E-state index in [-0.39, 0.29) is 60.2 Å². The number of nitrogens with one attached hydrogen (secondary N) is 4. The van der Waals surface area contributed by atoms with E-state index in [2.05, 4.69) is 75.3 Å². The summed E-state index contributed by atoms with van der Waals surface area (Å²) in [5.41, 5.74) is -0.785. The molecule has 20 nitrogen and oxygen atoms in total. The molecule has 0 spiro atoms. The van der Waals surface area contributed by atoms with E-state index in [1.54, 1.807) is 27.7 Å². The van der Waals surface area contributed by atoms with Crippen LogP contribution in [0, 0.1) is 21.7 Å². The van der Waals surface area contributed by atoms with Gasteiger partial charge in [0.2, 0.25) is 0 Å². The number of hydrogen-bond acceptors (Lipinski definition) is 16. The second kappa shape index (κ2) is 28.3. The molecule has 68 heavy (non-hydrogen) atoms. The fourth-order valence-electron chi connectivity index (χ4n) is 8.70. The lowest BCUT2D eigenvalue weighted by Crippen LogP contribution is -2.51. The summed E-state index contributed by atoms with van der Waals surface area (Å²) < 4.78 is 40.5. The monoisotopic (exact) mass is 965 g/mol. The highest BCUT2D eigenvalue weighted by atomic mass is 16.6. The average molecular weight is 965 g/mol. The first-order valence-electron chi connectivity index (χ1n) is 22.5. The van der Waals surface area contributed by atoms with Gasteiger partial charge in [-0.2, -0.15) is 0 Å². The summed E-state index contributed by atoms with van der Waals surface area (Å²) in [6, 6.07) is -0.335. The Morgan fingerprint density at radius 3 is 0.956 bits per heavy atom. The smallest absolute Gasteiger partial charge is 0.407 e. The van der Waals surface area contributed by atoms with Crippen LogP contribution >= 0.6 is 0 Å². The Hall–Kier alpha value is -6.08. The van der Waals surface area contributed by atoms with Crippen LogP contribution in [-0.4, -0.2) is 124 Å². The van der Waals surface area contributed by atoms with Gasteiger partial charge in [0.05, 0.1) is 0 Å². The van der Waals surface area contributed by atoms with E-state index >= 15 is 0 Å². The standard InChI is InChI=1S/2C24H38N2O8/c2*1-8-19(27)31-12-16(3)33-21(29)25-15-24(7)11-18(10-23(5,6)14-24)26-22(30)34-17(4)13-32-20(28)9-2/h2*8-9,16-18H,1-2,10-15H2,3-7H3,(H,25,29)(H,26,30). The predicted molar refractivity (Wildman–Crippen MR) is 250 cm³/mol. The van der Waals surface area contributed by atoms with Crippen LogP contribution in [-0.2, 0) is 57.1 Å². The first-order chi connectivity index (χ1) is 31.5. The van der Waals surface area contributed by atoms with E-state index in [4.69, 9.17) is 37.9 Å². The Morgan fingerprint density at radius 2 is 0.706 bits per heavy atom. The van der Waals surface area contributed by atoms with Gasteiger partial charge in [-0.25, -0.2) is 38.4 Å². The Labute approximate surface area is 401 Å². The van der Waals surface area contributed by atoms with E-state index in [9.17, 15) is 38.4 Å². The SMILES string of the molecule is C=CC(=O)OCC(C)OC(=O)NCC1(C)CC(NC(=O)OC(C)COC(=O)C=C)CC(C)(C)C1.C=CC(=O)OCC(C)OC(=O)NCC1(C)CC(NC(=O)OC(C)COC(=O)C=C)CC(C)(C)C1. The van der Waals surface area contributed by atoms with Crippen LogP contribution < -0.4 is 21.3 Å². The van der Waals surface area contributed by atoms with Crippen LogP contribution in [0.25, 0.3) is 0 Å². The topological polar surface area (TPSA) is 259 Å². The van der Waals surface area contributed by atoms with Crippen molar-refractivity contribution in [3.8, 4) is 0 Å². The molecule has 2 rings (SSSR count). The normalized spacial score (nSPS) is 22.8. The Morgan fingerprint density at radius 1 is 0.456 bits per heavy atom. The number of esters is 4. The summed E-state index contributed by atoms with van der Waals surface area (Å²) in [7, 11) is 0. The second-order valence-electron chi connectivity index (χ2n) is 19.7. The molecule has 0 saturated heterocycles. The van der Waals surface area contributed by atoms with Gasteiger partial charge < -0.3 is 59.2 Å². The molecule has 0 aromatic heterocycles. The molecular formula is C48H76N4O16. The van der Waals surface area contributed by atoms with Gasteiger partial charge in [0, 0.05) is 49.5 Å². The van der Waals surface area contributed by atoms with E-state index in [1.165, 1.54) is 0 Å². The molecule has 2 aliphatic rings. The molecule has 0 heterocycles. The van der Waals surface area contributed by atoms with Crippen LogP contribution in [0.4, 0.5) is 19.2 Å². The minimum absolute atomic E-state index is 0.0661. The fourth-order valence-corrected chi connectivity index (χ4v) is 8.70. The first kappa shape index (κ1) is 59.9. The van der Waals surface area contributed by atoms with Gasteiger partial charge >= 0.3 is 48.3 Å². The maximum Gasteiger partial charge on any atom is 0.407 e. The van der Waals surface area contributed by atoms with E-state index in [0.29, 0.717) is 25.9 Å². The Balaban J connectivity index is 0.000000680. The summed E-state index contributed by atoms with van der Waals surface area (Å²) in [6.45, 7) is 32.7. The lowest BCUT2D eigenvalue weighted by Gasteiger charge is -2.46. The van der Waals surface area contributed by atoms with E-state index in [1.807, 2.05) is 13.8 Å². The third kappa shape index (κ3) is 25.7. The first-order valence-corrected chi connectivity index (χ1v) is 22.5. The van der Waals surface area contributed by atoms with Gasteiger partial charge in [0.25, 0.3) is 0 Å². The van der Waals surface area contributed by atoms with Gasteiger partial charge in [-0.3, -0.25) is 0 Å². The molecule has 20 heteroatoms. The van der Waals surface area contributed by atoms with Crippen LogP contribution in [0.1, 0.15) is 108 Å². The second-order valence-corrected chi connectivity index (χ2v) is 19.7. The summed E-state index contributed by atoms with van der Waals surface area (Å²) in [4.78, 5) is 93.6. The van der Waals surface area contributed by atoms with Crippen molar-refractivity contribution >= 4 is 48.3 Å². The van der Waals surface area contributed by atoms with Crippen LogP contribution in [0.2, 0.25) is 0 Å². The number of alkyl carbamates (subject to hydrolysis) is 4. The summed E-state index contributed by atoms with van der Waals surface area (Å²) in [6.07, 6.45) is 3.68. The van der Waals surface area contributed by atoms with Crippen molar-refractivity contribution in [2.24, 2.45) is 21.7 Å². The predicted octanol–water partition coefficient (Wildman–Crippen LogP) is 6.52. The fraction of sp³-hybridized carbons (Fsp3) is 0.667. The lowest BCUT2D eigenvalue weighted by molar-refractivity contribution is -0.141. The van der Waals surface area contributed by atoms with E-state index < -0.39 is 72.7 Å². The molecule has 2 fully saturated rings. The molecule has 0 aliphatic heterocycles. The molecule has 0 bridgehead atoms. The zero-order valence-corrected chi connectivity index (χ0v) is 41.6. The molecule has 0 aromatic rings. The number of carbonyl (C=O) groups is 8. The van der Waals surface area contributed by atoms with Crippen molar-refractivity contribution in [2.45, 2.75) is 144 Å². The molecule has 8 unspecified atom stereocenters. The van der Waals surface area contributed by atoms with Crippen molar-refractivity contribution in [1.82, 2.24) is 21.3 Å². The lowest BCUT2D eigenvalue weighted by atomic mass is 9.62. The van der Waals surface area contributed by atoms with Crippen molar-refractivity contribution < 1.29 is 76.3 Å². The Bertz CT molecular complexity index is 1660. The van der Waals surface area contributed by atoms with Gasteiger partial charge in [-0.15, -0.1) is 0 Å². The van der Waals surface area contributed by atoms with Crippen molar-refractivity contribution in [3.05, 3.63) is 50.6 Å². The molecule has 8 atom stereocenters. The highest BCUT2D eigenvalue weighted by Gasteiger charge is 2.43. The van der Waals surface area contributed by atoms with Crippen LogP contribution in [0.15, 0.2) is 50.6 Å². The Kier molecular flexibility index (Phi) is 24.9. The molecule has 384 valence electrons. The molecule has 4 N–H and O–H groups in total. The van der Waals surface area contributed by atoms with Crippen LogP contribution in [0.3, 0.4) is 0 Å². The average Bonchev–Trinajstić information content (AvgIpc) is 3.22. The largest absolute Gasteiger partial charge is 0.459 e. The molecule has 2 aliphatic carbocycles. The van der Waals surface area contributed by atoms with Gasteiger partial charge in [-0.1, -0.05) is 67.9 Å². The van der Waals surface area contributed by atoms with Gasteiger partial charge in [-0.05, 0) is 87.9 Å². The number of amides is 4. The number of hydrogen-bond donors (Lipinski definition) is 4. The summed E-state index contributed by atoms with van der Waals surface area (Å²) >= 11 is 0. The van der Waals surface area contributed by atoms with E-state index in [0.717, 1.165) is 50.0 Å². The maximum absolute atomic E-state index is 12.4. The molecular weight excluding hydrogens is 889 g/mol. The zero-order chi connectivity index (χ0) is 51.9. The van der Waals surface area contributed by atoms with Crippen molar-refractivity contribution in [1.29, 1.82) is 0 Å². The maximum atomic E-state index is 12.4. The van der Waals surface area contributed by atoms with Crippen LogP contribution in [0.5, 0.6) is 0 Å². The minimum atomic E-state index is -0.615. The molecule has 2 saturated carbocycles. The number of rotatable bonds is 22.